The van der Waals surface area contributed by atoms with Crippen LogP contribution >= 0.6 is 0 Å². The van der Waals surface area contributed by atoms with Gasteiger partial charge in [-0.1, -0.05) is 26.0 Å². The Labute approximate surface area is 102 Å². The number of phenols is 1. The third-order valence-corrected chi connectivity index (χ3v) is 3.72. The van der Waals surface area contributed by atoms with Gasteiger partial charge in [0.25, 0.3) is 0 Å². The Morgan fingerprint density at radius 2 is 2.24 bits per heavy atom. The lowest BCUT2D eigenvalue weighted by molar-refractivity contribution is 0.291. The molecule has 94 valence electrons. The average Bonchev–Trinajstić information content (AvgIpc) is 2.73. The molecule has 0 amide bonds. The van der Waals surface area contributed by atoms with Gasteiger partial charge in [0.2, 0.25) is 0 Å². The third-order valence-electron chi connectivity index (χ3n) is 3.72. The topological polar surface area (TPSA) is 23.5 Å². The average molecular weight is 237 g/mol. The monoisotopic (exact) mass is 237 g/mol. The number of halogens is 1. The Balaban J connectivity index is 2.00. The number of phenolic OH excluding ortho intramolecular Hbond substituents is 1. The second-order valence-electron chi connectivity index (χ2n) is 5.28. The molecular weight excluding hydrogens is 217 g/mol. The molecule has 1 aromatic carbocycles. The van der Waals surface area contributed by atoms with Gasteiger partial charge in [0.1, 0.15) is 0 Å². The number of likely N-dealkylation sites (tertiary alicyclic amines) is 1. The quantitative estimate of drug-likeness (QED) is 0.873. The molecule has 3 heteroatoms. The molecule has 2 rings (SSSR count). The number of hydrogen-bond donors (Lipinski definition) is 1. The van der Waals surface area contributed by atoms with E-state index in [1.54, 1.807) is 12.1 Å². The highest BCUT2D eigenvalue weighted by Crippen LogP contribution is 2.27. The van der Waals surface area contributed by atoms with E-state index in [0.29, 0.717) is 18.0 Å². The van der Waals surface area contributed by atoms with Crippen LogP contribution in [0.1, 0.15) is 25.8 Å². The summed E-state index contributed by atoms with van der Waals surface area (Å²) in [6.45, 7) is 7.22. The third kappa shape index (κ3) is 2.78. The van der Waals surface area contributed by atoms with E-state index in [1.807, 2.05) is 0 Å². The predicted octanol–water partition coefficient (Wildman–Crippen LogP) is 3.01. The van der Waals surface area contributed by atoms with Gasteiger partial charge < -0.3 is 5.11 Å². The highest BCUT2D eigenvalue weighted by Gasteiger charge is 2.25. The van der Waals surface area contributed by atoms with Crippen molar-refractivity contribution in [2.75, 3.05) is 13.1 Å². The smallest absolute Gasteiger partial charge is 0.165 e. The van der Waals surface area contributed by atoms with Crippen LogP contribution in [0, 0.1) is 17.7 Å². The summed E-state index contributed by atoms with van der Waals surface area (Å²) in [6.07, 6.45) is 1.20. The Hall–Kier alpha value is -1.09. The van der Waals surface area contributed by atoms with Gasteiger partial charge in [-0.05, 0) is 30.9 Å². The van der Waals surface area contributed by atoms with Crippen LogP contribution < -0.4 is 0 Å². The molecule has 1 aromatic rings. The molecule has 1 aliphatic heterocycles. The second-order valence-corrected chi connectivity index (χ2v) is 5.28. The summed E-state index contributed by atoms with van der Waals surface area (Å²) in [5.41, 5.74) is 0.689. The summed E-state index contributed by atoms with van der Waals surface area (Å²) in [6, 6.07) is 4.74. The van der Waals surface area contributed by atoms with Gasteiger partial charge in [-0.25, -0.2) is 4.39 Å². The maximum atomic E-state index is 13.2. The van der Waals surface area contributed by atoms with Crippen LogP contribution in [-0.4, -0.2) is 23.1 Å². The van der Waals surface area contributed by atoms with Crippen molar-refractivity contribution in [3.63, 3.8) is 0 Å². The molecule has 0 radical (unpaired) electrons. The molecule has 1 saturated heterocycles. The molecule has 0 aliphatic carbocycles. The maximum absolute atomic E-state index is 13.2. The molecular formula is C14H20FNO. The first kappa shape index (κ1) is 12.4. The molecule has 1 fully saturated rings. The van der Waals surface area contributed by atoms with Crippen molar-refractivity contribution in [3.8, 4) is 5.75 Å². The van der Waals surface area contributed by atoms with Crippen molar-refractivity contribution in [2.45, 2.75) is 26.8 Å². The van der Waals surface area contributed by atoms with E-state index in [2.05, 4.69) is 18.7 Å². The SMILES string of the molecule is CC(C)C1CCN(Cc2cccc(F)c2O)C1. The fourth-order valence-corrected chi connectivity index (χ4v) is 2.48. The van der Waals surface area contributed by atoms with Gasteiger partial charge in [0.15, 0.2) is 11.6 Å². The number of benzene rings is 1. The summed E-state index contributed by atoms with van der Waals surface area (Å²) >= 11 is 0. The van der Waals surface area contributed by atoms with Crippen molar-refractivity contribution in [1.29, 1.82) is 0 Å². The number of nitrogens with zero attached hydrogens (tertiary/aromatic N) is 1. The van der Waals surface area contributed by atoms with Gasteiger partial charge in [0.05, 0.1) is 0 Å². The fraction of sp³-hybridized carbons (Fsp3) is 0.571. The van der Waals surface area contributed by atoms with Crippen molar-refractivity contribution < 1.29 is 9.50 Å². The molecule has 0 aromatic heterocycles. The molecule has 17 heavy (non-hydrogen) atoms. The van der Waals surface area contributed by atoms with Gasteiger partial charge in [-0.15, -0.1) is 0 Å². The van der Waals surface area contributed by atoms with Crippen molar-refractivity contribution >= 4 is 0 Å². The molecule has 1 atom stereocenters. The second kappa shape index (κ2) is 5.05. The van der Waals surface area contributed by atoms with E-state index in [4.69, 9.17) is 0 Å². The van der Waals surface area contributed by atoms with Gasteiger partial charge in [0, 0.05) is 18.7 Å². The molecule has 2 nitrogen and oxygen atoms in total. The van der Waals surface area contributed by atoms with Crippen LogP contribution in [0.25, 0.3) is 0 Å². The minimum Gasteiger partial charge on any atom is -0.505 e. The molecule has 1 unspecified atom stereocenters. The summed E-state index contributed by atoms with van der Waals surface area (Å²) in [5, 5.41) is 9.63. The van der Waals surface area contributed by atoms with Gasteiger partial charge in [-0.3, -0.25) is 4.90 Å². The number of aromatic hydroxyl groups is 1. The minimum absolute atomic E-state index is 0.194. The summed E-state index contributed by atoms with van der Waals surface area (Å²) < 4.78 is 13.2. The van der Waals surface area contributed by atoms with Gasteiger partial charge >= 0.3 is 0 Å². The van der Waals surface area contributed by atoms with E-state index in [9.17, 15) is 9.50 Å². The molecule has 1 aliphatic rings. The molecule has 1 N–H and O–H groups in total. The first-order valence-electron chi connectivity index (χ1n) is 6.26. The van der Waals surface area contributed by atoms with Crippen LogP contribution in [-0.2, 0) is 6.54 Å². The molecule has 0 spiro atoms. The Morgan fingerprint density at radius 3 is 2.88 bits per heavy atom. The first-order valence-corrected chi connectivity index (χ1v) is 6.26. The fourth-order valence-electron chi connectivity index (χ4n) is 2.48. The van der Waals surface area contributed by atoms with E-state index < -0.39 is 5.82 Å². The standard InChI is InChI=1S/C14H20FNO/c1-10(2)11-6-7-16(8-11)9-12-4-3-5-13(15)14(12)17/h3-5,10-11,17H,6-9H2,1-2H3. The summed E-state index contributed by atoms with van der Waals surface area (Å²) in [4.78, 5) is 2.29. The van der Waals surface area contributed by atoms with Crippen LogP contribution in [0.15, 0.2) is 18.2 Å². The van der Waals surface area contributed by atoms with Crippen molar-refractivity contribution in [3.05, 3.63) is 29.6 Å². The van der Waals surface area contributed by atoms with E-state index in [1.165, 1.54) is 12.5 Å². The Bertz CT molecular complexity index is 392. The molecule has 0 bridgehead atoms. The summed E-state index contributed by atoms with van der Waals surface area (Å²) in [7, 11) is 0. The number of para-hydroxylation sites is 1. The van der Waals surface area contributed by atoms with Gasteiger partial charge in [-0.2, -0.15) is 0 Å². The first-order chi connectivity index (χ1) is 8.08. The van der Waals surface area contributed by atoms with Crippen LogP contribution in [0.5, 0.6) is 5.75 Å². The summed E-state index contributed by atoms with van der Waals surface area (Å²) in [5.74, 6) is 0.703. The van der Waals surface area contributed by atoms with E-state index in [0.717, 1.165) is 19.0 Å². The molecule has 1 heterocycles. The van der Waals surface area contributed by atoms with E-state index in [-0.39, 0.29) is 5.75 Å². The molecule has 0 saturated carbocycles. The van der Waals surface area contributed by atoms with E-state index >= 15 is 0 Å². The normalized spacial score (nSPS) is 21.3. The number of hydrogen-bond acceptors (Lipinski definition) is 2. The van der Waals surface area contributed by atoms with Crippen molar-refractivity contribution in [1.82, 2.24) is 4.90 Å². The zero-order valence-electron chi connectivity index (χ0n) is 10.5. The van der Waals surface area contributed by atoms with Crippen molar-refractivity contribution in [2.24, 2.45) is 11.8 Å². The predicted molar refractivity (Wildman–Crippen MR) is 66.3 cm³/mol. The maximum Gasteiger partial charge on any atom is 0.165 e. The highest BCUT2D eigenvalue weighted by molar-refractivity contribution is 5.33. The lowest BCUT2D eigenvalue weighted by Gasteiger charge is -2.18. The lowest BCUT2D eigenvalue weighted by atomic mass is 9.95. The Morgan fingerprint density at radius 1 is 1.47 bits per heavy atom. The minimum atomic E-state index is -0.526. The zero-order valence-corrected chi connectivity index (χ0v) is 10.5. The largest absolute Gasteiger partial charge is 0.505 e. The zero-order chi connectivity index (χ0) is 12.4. The highest BCUT2D eigenvalue weighted by atomic mass is 19.1. The Kier molecular flexibility index (Phi) is 3.67. The van der Waals surface area contributed by atoms with Crippen LogP contribution in [0.2, 0.25) is 0 Å². The lowest BCUT2D eigenvalue weighted by Crippen LogP contribution is -2.21. The number of rotatable bonds is 3. The van der Waals surface area contributed by atoms with Crippen LogP contribution in [0.4, 0.5) is 4.39 Å². The van der Waals surface area contributed by atoms with Crippen LogP contribution in [0.3, 0.4) is 0 Å².